The zero-order chi connectivity index (χ0) is 16.4. The predicted molar refractivity (Wildman–Crippen MR) is 83.6 cm³/mol. The molecule has 1 aliphatic rings. The molecular weight excluding hydrogens is 391 g/mol. The fourth-order valence-electron chi connectivity index (χ4n) is 2.01. The van der Waals surface area contributed by atoms with Crippen LogP contribution in [0, 0.1) is 5.82 Å². The lowest BCUT2D eigenvalue weighted by molar-refractivity contribution is 0.0550. The Labute approximate surface area is 141 Å². The predicted octanol–water partition coefficient (Wildman–Crippen LogP) is 3.13. The summed E-state index contributed by atoms with van der Waals surface area (Å²) in [7, 11) is -3.89. The van der Waals surface area contributed by atoms with Crippen molar-refractivity contribution >= 4 is 26.0 Å². The number of hydrogen-bond donors (Lipinski definition) is 0. The number of rotatable bonds is 4. The van der Waals surface area contributed by atoms with E-state index < -0.39 is 22.0 Å². The molecule has 0 saturated heterocycles. The van der Waals surface area contributed by atoms with Gasteiger partial charge in [0.15, 0.2) is 17.6 Å². The van der Waals surface area contributed by atoms with Crippen molar-refractivity contribution in [2.75, 3.05) is 13.2 Å². The maximum atomic E-state index is 13.2. The number of ether oxygens (including phenoxy) is 2. The topological polar surface area (TPSA) is 61.8 Å². The molecule has 0 spiro atoms. The molecule has 0 aliphatic carbocycles. The third-order valence-corrected chi connectivity index (χ3v) is 4.96. The number of halogens is 2. The van der Waals surface area contributed by atoms with Gasteiger partial charge in [0.05, 0.1) is 4.90 Å². The number of hydrogen-bond acceptors (Lipinski definition) is 5. The van der Waals surface area contributed by atoms with Crippen molar-refractivity contribution in [3.05, 3.63) is 52.8 Å². The summed E-state index contributed by atoms with van der Waals surface area (Å²) in [5.41, 5.74) is 0. The molecule has 0 radical (unpaired) electrons. The first-order chi connectivity index (χ1) is 10.9. The molecule has 1 unspecified atom stereocenters. The van der Waals surface area contributed by atoms with Gasteiger partial charge in [-0.15, -0.1) is 0 Å². The summed E-state index contributed by atoms with van der Waals surface area (Å²) in [6, 6.07) is 9.98. The molecule has 1 heterocycles. The van der Waals surface area contributed by atoms with Gasteiger partial charge in [0.2, 0.25) is 0 Å². The Kier molecular flexibility index (Phi) is 4.56. The van der Waals surface area contributed by atoms with Crippen molar-refractivity contribution in [1.82, 2.24) is 0 Å². The molecule has 0 aromatic heterocycles. The zero-order valence-corrected chi connectivity index (χ0v) is 14.1. The second-order valence-electron chi connectivity index (χ2n) is 4.83. The van der Waals surface area contributed by atoms with Crippen LogP contribution in [0.4, 0.5) is 4.39 Å². The van der Waals surface area contributed by atoms with Gasteiger partial charge in [-0.25, -0.2) is 4.39 Å². The lowest BCUT2D eigenvalue weighted by Crippen LogP contribution is -2.34. The van der Waals surface area contributed by atoms with Crippen molar-refractivity contribution in [2.24, 2.45) is 0 Å². The molecule has 23 heavy (non-hydrogen) atoms. The second kappa shape index (κ2) is 6.46. The van der Waals surface area contributed by atoms with E-state index in [4.69, 9.17) is 13.7 Å². The second-order valence-corrected chi connectivity index (χ2v) is 7.37. The SMILES string of the molecule is O=S(=O)(OCC1COc2ccc(F)cc2O1)c1ccc(Br)cc1. The summed E-state index contributed by atoms with van der Waals surface area (Å²) >= 11 is 3.23. The van der Waals surface area contributed by atoms with E-state index in [2.05, 4.69) is 15.9 Å². The normalized spacial score (nSPS) is 17.0. The van der Waals surface area contributed by atoms with Gasteiger partial charge in [0, 0.05) is 10.5 Å². The highest BCUT2D eigenvalue weighted by Gasteiger charge is 2.25. The minimum absolute atomic E-state index is 0.0453. The minimum atomic E-state index is -3.89. The van der Waals surface area contributed by atoms with Gasteiger partial charge in [-0.1, -0.05) is 15.9 Å². The average Bonchev–Trinajstić information content (AvgIpc) is 2.53. The lowest BCUT2D eigenvalue weighted by atomic mass is 10.2. The summed E-state index contributed by atoms with van der Waals surface area (Å²) in [6.45, 7) is -0.108. The van der Waals surface area contributed by atoms with Crippen LogP contribution in [0.3, 0.4) is 0 Å². The molecule has 1 atom stereocenters. The molecule has 0 fully saturated rings. The Morgan fingerprint density at radius 1 is 1.17 bits per heavy atom. The van der Waals surface area contributed by atoms with Gasteiger partial charge >= 0.3 is 0 Å². The summed E-state index contributed by atoms with van der Waals surface area (Å²) in [5, 5.41) is 0. The van der Waals surface area contributed by atoms with E-state index in [0.29, 0.717) is 5.75 Å². The van der Waals surface area contributed by atoms with E-state index in [1.807, 2.05) is 0 Å². The van der Waals surface area contributed by atoms with E-state index in [0.717, 1.165) is 4.47 Å². The lowest BCUT2D eigenvalue weighted by Gasteiger charge is -2.26. The smallest absolute Gasteiger partial charge is 0.297 e. The zero-order valence-electron chi connectivity index (χ0n) is 11.7. The molecule has 3 rings (SSSR count). The third kappa shape index (κ3) is 3.82. The molecule has 2 aromatic rings. The Morgan fingerprint density at radius 3 is 2.65 bits per heavy atom. The van der Waals surface area contributed by atoms with Crippen LogP contribution in [-0.2, 0) is 14.3 Å². The monoisotopic (exact) mass is 402 g/mol. The Balaban J connectivity index is 1.66. The van der Waals surface area contributed by atoms with E-state index in [1.165, 1.54) is 30.3 Å². The van der Waals surface area contributed by atoms with E-state index in [1.54, 1.807) is 12.1 Å². The highest BCUT2D eigenvalue weighted by Crippen LogP contribution is 2.32. The van der Waals surface area contributed by atoms with Crippen LogP contribution in [0.2, 0.25) is 0 Å². The van der Waals surface area contributed by atoms with Crippen LogP contribution in [0.25, 0.3) is 0 Å². The first-order valence-electron chi connectivity index (χ1n) is 6.68. The molecule has 8 heteroatoms. The van der Waals surface area contributed by atoms with Crippen molar-refractivity contribution in [3.8, 4) is 11.5 Å². The van der Waals surface area contributed by atoms with Crippen molar-refractivity contribution in [3.63, 3.8) is 0 Å². The van der Waals surface area contributed by atoms with Crippen molar-refractivity contribution in [1.29, 1.82) is 0 Å². The first kappa shape index (κ1) is 16.2. The molecular formula is C15H12BrFO5S. The van der Waals surface area contributed by atoms with E-state index in [-0.39, 0.29) is 23.9 Å². The summed E-state index contributed by atoms with van der Waals surface area (Å²) in [5.74, 6) is 0.181. The maximum absolute atomic E-state index is 13.2. The summed E-state index contributed by atoms with van der Waals surface area (Å²) < 4.78 is 54.0. The molecule has 1 aliphatic heterocycles. The first-order valence-corrected chi connectivity index (χ1v) is 8.88. The third-order valence-electron chi connectivity index (χ3n) is 3.14. The van der Waals surface area contributed by atoms with Crippen LogP contribution < -0.4 is 9.47 Å². The fourth-order valence-corrected chi connectivity index (χ4v) is 3.21. The molecule has 5 nitrogen and oxygen atoms in total. The maximum Gasteiger partial charge on any atom is 0.297 e. The van der Waals surface area contributed by atoms with Gasteiger partial charge < -0.3 is 9.47 Å². The van der Waals surface area contributed by atoms with Gasteiger partial charge in [-0.2, -0.15) is 8.42 Å². The molecule has 122 valence electrons. The van der Waals surface area contributed by atoms with Crippen LogP contribution >= 0.6 is 15.9 Å². The van der Waals surface area contributed by atoms with Crippen LogP contribution in [0.1, 0.15) is 0 Å². The number of fused-ring (bicyclic) bond motifs is 1. The fraction of sp³-hybridized carbons (Fsp3) is 0.200. The number of benzene rings is 2. The highest BCUT2D eigenvalue weighted by atomic mass is 79.9. The van der Waals surface area contributed by atoms with Gasteiger partial charge in [0.1, 0.15) is 19.0 Å². The Morgan fingerprint density at radius 2 is 1.91 bits per heavy atom. The molecule has 0 saturated carbocycles. The molecule has 2 aromatic carbocycles. The van der Waals surface area contributed by atoms with E-state index in [9.17, 15) is 12.8 Å². The quantitative estimate of drug-likeness (QED) is 0.735. The van der Waals surface area contributed by atoms with Crippen molar-refractivity contribution < 1.29 is 26.5 Å². The average molecular weight is 403 g/mol. The van der Waals surface area contributed by atoms with Crippen LogP contribution in [-0.4, -0.2) is 27.7 Å². The summed E-state index contributed by atoms with van der Waals surface area (Å²) in [4.78, 5) is 0.0453. The van der Waals surface area contributed by atoms with Crippen molar-refractivity contribution in [2.45, 2.75) is 11.0 Å². The van der Waals surface area contributed by atoms with E-state index >= 15 is 0 Å². The molecule has 0 amide bonds. The largest absolute Gasteiger partial charge is 0.486 e. The van der Waals surface area contributed by atoms with Gasteiger partial charge in [-0.05, 0) is 36.4 Å². The van der Waals surface area contributed by atoms with Crippen LogP contribution in [0.5, 0.6) is 11.5 Å². The minimum Gasteiger partial charge on any atom is -0.486 e. The Bertz CT molecular complexity index is 807. The standard InChI is InChI=1S/C15H12BrFO5S/c16-10-1-4-13(5-2-10)23(18,19)21-9-12-8-20-14-6-3-11(17)7-15(14)22-12/h1-7,12H,8-9H2. The van der Waals surface area contributed by atoms with Crippen LogP contribution in [0.15, 0.2) is 51.8 Å². The van der Waals surface area contributed by atoms with Gasteiger partial charge in [-0.3, -0.25) is 4.18 Å². The summed E-state index contributed by atoms with van der Waals surface area (Å²) in [6.07, 6.45) is -0.644. The Hall–Kier alpha value is -1.64. The highest BCUT2D eigenvalue weighted by molar-refractivity contribution is 9.10. The van der Waals surface area contributed by atoms with Gasteiger partial charge in [0.25, 0.3) is 10.1 Å². The molecule has 0 N–H and O–H groups in total. The molecule has 0 bridgehead atoms.